The summed E-state index contributed by atoms with van der Waals surface area (Å²) in [5, 5.41) is 3.36. The maximum absolute atomic E-state index is 13.1. The lowest BCUT2D eigenvalue weighted by Crippen LogP contribution is -2.43. The molecule has 1 aromatic carbocycles. The topological polar surface area (TPSA) is 58.1 Å². The molecule has 0 radical (unpaired) electrons. The van der Waals surface area contributed by atoms with E-state index in [1.54, 1.807) is 6.07 Å². The Hall–Kier alpha value is -2.43. The zero-order valence-corrected chi connectivity index (χ0v) is 16.2. The molecule has 5 nitrogen and oxygen atoms in total. The van der Waals surface area contributed by atoms with Gasteiger partial charge in [-0.3, -0.25) is 4.79 Å². The number of nitrogens with one attached hydrogen (secondary N) is 1. The molecule has 0 aliphatic carbocycles. The average Bonchev–Trinajstić information content (AvgIpc) is 2.64. The molecule has 1 atom stereocenters. The van der Waals surface area contributed by atoms with Crippen LogP contribution in [0.4, 0.5) is 11.5 Å². The Morgan fingerprint density at radius 3 is 2.81 bits per heavy atom. The minimum Gasteiger partial charge on any atom is -0.340 e. The van der Waals surface area contributed by atoms with Crippen LogP contribution in [-0.4, -0.2) is 33.4 Å². The molecule has 5 heteroatoms. The number of aromatic nitrogens is 2. The minimum absolute atomic E-state index is 0.0195. The van der Waals surface area contributed by atoms with Gasteiger partial charge < -0.3 is 10.2 Å². The summed E-state index contributed by atoms with van der Waals surface area (Å²) in [6.07, 6.45) is 4.34. The summed E-state index contributed by atoms with van der Waals surface area (Å²) in [4.78, 5) is 23.9. The third-order valence-corrected chi connectivity index (χ3v) is 5.28. The zero-order valence-electron chi connectivity index (χ0n) is 16.2. The van der Waals surface area contributed by atoms with Gasteiger partial charge in [-0.15, -0.1) is 0 Å². The average molecular weight is 352 g/mol. The first-order valence-corrected chi connectivity index (χ1v) is 9.49. The first-order chi connectivity index (χ1) is 12.5. The lowest BCUT2D eigenvalue weighted by molar-refractivity contribution is 0.0601. The molecule has 1 N–H and O–H groups in total. The number of hydrogen-bond donors (Lipinski definition) is 1. The molecule has 0 spiro atoms. The third kappa shape index (κ3) is 3.87. The van der Waals surface area contributed by atoms with Gasteiger partial charge in [-0.1, -0.05) is 19.1 Å². The maximum Gasteiger partial charge on any atom is 0.272 e. The fraction of sp³-hybridized carbons (Fsp3) is 0.476. The number of aryl methyl sites for hydroxylation is 2. The van der Waals surface area contributed by atoms with Crippen molar-refractivity contribution in [3.05, 3.63) is 46.9 Å². The molecule has 138 valence electrons. The number of benzene rings is 1. The largest absolute Gasteiger partial charge is 0.340 e. The van der Waals surface area contributed by atoms with E-state index < -0.39 is 0 Å². The highest BCUT2D eigenvalue weighted by molar-refractivity contribution is 5.93. The lowest BCUT2D eigenvalue weighted by atomic mass is 9.99. The van der Waals surface area contributed by atoms with Crippen molar-refractivity contribution >= 4 is 17.4 Å². The summed E-state index contributed by atoms with van der Waals surface area (Å²) >= 11 is 0. The van der Waals surface area contributed by atoms with E-state index in [0.29, 0.717) is 23.4 Å². The molecule has 1 aliphatic rings. The molecule has 3 rings (SSSR count). The molecule has 2 aromatic rings. The number of anilines is 2. The molecule has 1 aliphatic heterocycles. The van der Waals surface area contributed by atoms with Crippen LogP contribution in [0.25, 0.3) is 0 Å². The third-order valence-electron chi connectivity index (χ3n) is 5.28. The molecule has 1 saturated heterocycles. The monoisotopic (exact) mass is 352 g/mol. The van der Waals surface area contributed by atoms with Crippen molar-refractivity contribution in [3.8, 4) is 0 Å². The minimum atomic E-state index is 0.0195. The van der Waals surface area contributed by atoms with Gasteiger partial charge in [0.2, 0.25) is 0 Å². The van der Waals surface area contributed by atoms with E-state index in [0.717, 1.165) is 31.5 Å². The molecule has 1 aromatic heterocycles. The summed E-state index contributed by atoms with van der Waals surface area (Å²) in [6.45, 7) is 8.97. The highest BCUT2D eigenvalue weighted by Gasteiger charge is 2.27. The Labute approximate surface area is 155 Å². The Balaban J connectivity index is 1.87. The second-order valence-corrected chi connectivity index (χ2v) is 7.11. The summed E-state index contributed by atoms with van der Waals surface area (Å²) in [5.41, 5.74) is 3.88. The van der Waals surface area contributed by atoms with Gasteiger partial charge in [0.1, 0.15) is 17.3 Å². The van der Waals surface area contributed by atoms with Gasteiger partial charge in [-0.05, 0) is 63.6 Å². The Morgan fingerprint density at radius 2 is 2.04 bits per heavy atom. The predicted octanol–water partition coefficient (Wildman–Crippen LogP) is 4.55. The number of rotatable bonds is 4. The molecule has 2 heterocycles. The van der Waals surface area contributed by atoms with Crippen molar-refractivity contribution in [2.75, 3.05) is 11.9 Å². The number of likely N-dealkylation sites (tertiary alicyclic amines) is 1. The molecule has 1 amide bonds. The second kappa shape index (κ2) is 7.85. The van der Waals surface area contributed by atoms with Gasteiger partial charge in [0.25, 0.3) is 5.91 Å². The van der Waals surface area contributed by atoms with Crippen molar-refractivity contribution in [2.45, 2.75) is 59.4 Å². The van der Waals surface area contributed by atoms with Crippen LogP contribution in [-0.2, 0) is 0 Å². The van der Waals surface area contributed by atoms with Gasteiger partial charge >= 0.3 is 0 Å². The summed E-state index contributed by atoms with van der Waals surface area (Å²) < 4.78 is 0. The van der Waals surface area contributed by atoms with Crippen LogP contribution in [0.5, 0.6) is 0 Å². The van der Waals surface area contributed by atoms with Gasteiger partial charge in [0, 0.05) is 24.3 Å². The van der Waals surface area contributed by atoms with Crippen molar-refractivity contribution in [1.82, 2.24) is 14.9 Å². The predicted molar refractivity (Wildman–Crippen MR) is 105 cm³/mol. The van der Waals surface area contributed by atoms with E-state index in [-0.39, 0.29) is 5.91 Å². The van der Waals surface area contributed by atoms with E-state index >= 15 is 0 Å². The van der Waals surface area contributed by atoms with Gasteiger partial charge in [-0.2, -0.15) is 0 Å². The SMILES string of the molecule is CCC1CCCCN1C(=O)c1cc(Nc2cccc(C)c2C)nc(C)n1. The number of nitrogens with zero attached hydrogens (tertiary/aromatic N) is 3. The summed E-state index contributed by atoms with van der Waals surface area (Å²) in [7, 11) is 0. The van der Waals surface area contributed by atoms with Crippen LogP contribution in [0.3, 0.4) is 0 Å². The number of carbonyl (C=O) groups is 1. The number of hydrogen-bond acceptors (Lipinski definition) is 4. The molecule has 0 saturated carbocycles. The summed E-state index contributed by atoms with van der Waals surface area (Å²) in [6, 6.07) is 8.23. The maximum atomic E-state index is 13.1. The normalized spacial score (nSPS) is 17.2. The first-order valence-electron chi connectivity index (χ1n) is 9.49. The van der Waals surface area contributed by atoms with Crippen molar-refractivity contribution in [2.24, 2.45) is 0 Å². The molecular formula is C21H28N4O. The smallest absolute Gasteiger partial charge is 0.272 e. The van der Waals surface area contributed by atoms with Crippen LogP contribution in [0.1, 0.15) is 60.0 Å². The fourth-order valence-corrected chi connectivity index (χ4v) is 3.61. The molecular weight excluding hydrogens is 324 g/mol. The van der Waals surface area contributed by atoms with Crippen LogP contribution in [0.15, 0.2) is 24.3 Å². The van der Waals surface area contributed by atoms with Crippen molar-refractivity contribution in [1.29, 1.82) is 0 Å². The molecule has 26 heavy (non-hydrogen) atoms. The fourth-order valence-electron chi connectivity index (χ4n) is 3.61. The Bertz CT molecular complexity index is 803. The van der Waals surface area contributed by atoms with Gasteiger partial charge in [0.05, 0.1) is 0 Å². The van der Waals surface area contributed by atoms with Gasteiger partial charge in [-0.25, -0.2) is 9.97 Å². The molecule has 1 fully saturated rings. The number of amides is 1. The summed E-state index contributed by atoms with van der Waals surface area (Å²) in [5.74, 6) is 1.29. The highest BCUT2D eigenvalue weighted by atomic mass is 16.2. The van der Waals surface area contributed by atoms with Crippen LogP contribution in [0, 0.1) is 20.8 Å². The highest BCUT2D eigenvalue weighted by Crippen LogP contribution is 2.24. The van der Waals surface area contributed by atoms with Crippen molar-refractivity contribution in [3.63, 3.8) is 0 Å². The second-order valence-electron chi connectivity index (χ2n) is 7.11. The number of piperidine rings is 1. The Kier molecular flexibility index (Phi) is 5.55. The van der Waals surface area contributed by atoms with E-state index in [1.165, 1.54) is 17.5 Å². The number of carbonyl (C=O) groups excluding carboxylic acids is 1. The van der Waals surface area contributed by atoms with Gasteiger partial charge in [0.15, 0.2) is 0 Å². The standard InChI is InChI=1S/C21H28N4O/c1-5-17-10-6-7-12-25(17)21(26)19-13-20(23-16(4)22-19)24-18-11-8-9-14(2)15(18)3/h8-9,11,13,17H,5-7,10,12H2,1-4H3,(H,22,23,24). The van der Waals surface area contributed by atoms with Crippen molar-refractivity contribution < 1.29 is 4.79 Å². The lowest BCUT2D eigenvalue weighted by Gasteiger charge is -2.35. The zero-order chi connectivity index (χ0) is 18.7. The van der Waals surface area contributed by atoms with E-state index in [2.05, 4.69) is 42.1 Å². The Morgan fingerprint density at radius 1 is 1.23 bits per heavy atom. The van der Waals surface area contributed by atoms with E-state index in [1.807, 2.05) is 24.0 Å². The molecule has 1 unspecified atom stereocenters. The molecule has 0 bridgehead atoms. The van der Waals surface area contributed by atoms with E-state index in [4.69, 9.17) is 0 Å². The van der Waals surface area contributed by atoms with Crippen LogP contribution >= 0.6 is 0 Å². The first kappa shape index (κ1) is 18.4. The van der Waals surface area contributed by atoms with Crippen LogP contribution in [0.2, 0.25) is 0 Å². The van der Waals surface area contributed by atoms with Crippen LogP contribution < -0.4 is 5.32 Å². The quantitative estimate of drug-likeness (QED) is 0.877. The van der Waals surface area contributed by atoms with E-state index in [9.17, 15) is 4.79 Å².